The second-order valence-corrected chi connectivity index (χ2v) is 8.53. The molecule has 5 rings (SSSR count). The van der Waals surface area contributed by atoms with Crippen molar-refractivity contribution in [2.45, 2.75) is 25.8 Å². The van der Waals surface area contributed by atoms with Crippen LogP contribution in [0.1, 0.15) is 18.5 Å². The molecule has 8 nitrogen and oxygen atoms in total. The van der Waals surface area contributed by atoms with Crippen LogP contribution in [-0.4, -0.2) is 56.3 Å². The van der Waals surface area contributed by atoms with Crippen molar-refractivity contribution in [3.8, 4) is 17.6 Å². The fourth-order valence-electron chi connectivity index (χ4n) is 3.89. The minimum absolute atomic E-state index is 0.0656. The van der Waals surface area contributed by atoms with Gasteiger partial charge in [-0.25, -0.2) is 4.39 Å². The highest BCUT2D eigenvalue weighted by Crippen LogP contribution is 2.40. The molecule has 0 aliphatic carbocycles. The molecule has 1 aliphatic rings. The first kappa shape index (κ1) is 21.1. The van der Waals surface area contributed by atoms with Gasteiger partial charge in [0.2, 0.25) is 5.88 Å². The normalized spacial score (nSPS) is 16.8. The van der Waals surface area contributed by atoms with Gasteiger partial charge < -0.3 is 14.4 Å². The van der Waals surface area contributed by atoms with E-state index >= 15 is 0 Å². The Bertz CT molecular complexity index is 1330. The summed E-state index contributed by atoms with van der Waals surface area (Å²) in [6, 6.07) is 3.42. The van der Waals surface area contributed by atoms with Crippen LogP contribution in [0.5, 0.6) is 17.6 Å². The van der Waals surface area contributed by atoms with Crippen molar-refractivity contribution in [2.75, 3.05) is 20.2 Å². The zero-order valence-electron chi connectivity index (χ0n) is 17.3. The Balaban J connectivity index is 1.56. The lowest BCUT2D eigenvalue weighted by molar-refractivity contribution is 0.188. The average Bonchev–Trinajstić information content (AvgIpc) is 3.39. The maximum atomic E-state index is 14.3. The third kappa shape index (κ3) is 3.80. The predicted molar refractivity (Wildman–Crippen MR) is 119 cm³/mol. The van der Waals surface area contributed by atoms with Gasteiger partial charge in [0.05, 0.1) is 22.8 Å². The summed E-state index contributed by atoms with van der Waals surface area (Å²) in [6.07, 6.45) is 3.70. The Kier molecular flexibility index (Phi) is 5.48. The molecule has 0 unspecified atom stereocenters. The third-order valence-electron chi connectivity index (χ3n) is 5.66. The lowest BCUT2D eigenvalue weighted by Crippen LogP contribution is -2.30. The number of likely N-dealkylation sites (N-methyl/N-ethyl adjacent to an activating group) is 1. The largest absolute Gasteiger partial charge is 0.462 e. The minimum atomic E-state index is -0.653. The van der Waals surface area contributed by atoms with E-state index in [0.29, 0.717) is 40.1 Å². The number of nitrogens with one attached hydrogen (secondary N) is 1. The lowest BCUT2D eigenvalue weighted by atomic mass is 10.2. The minimum Gasteiger partial charge on any atom is -0.462 e. The molecule has 3 aromatic heterocycles. The van der Waals surface area contributed by atoms with E-state index < -0.39 is 5.82 Å². The first-order valence-electron chi connectivity index (χ1n) is 10.1. The van der Waals surface area contributed by atoms with Crippen LogP contribution in [0.4, 0.5) is 4.39 Å². The molecule has 4 aromatic rings. The first-order valence-corrected chi connectivity index (χ1v) is 10.8. The zero-order valence-corrected chi connectivity index (χ0v) is 18.8. The number of pyridine rings is 1. The van der Waals surface area contributed by atoms with E-state index in [9.17, 15) is 4.39 Å². The monoisotopic (exact) mass is 476 g/mol. The van der Waals surface area contributed by atoms with Crippen molar-refractivity contribution in [1.29, 1.82) is 0 Å². The van der Waals surface area contributed by atoms with Gasteiger partial charge in [-0.15, -0.1) is 0 Å². The van der Waals surface area contributed by atoms with E-state index in [1.165, 1.54) is 12.3 Å². The number of rotatable bonds is 5. The van der Waals surface area contributed by atoms with Crippen LogP contribution in [0.2, 0.25) is 10.2 Å². The van der Waals surface area contributed by atoms with Gasteiger partial charge in [-0.1, -0.05) is 23.2 Å². The molecule has 1 fully saturated rings. The van der Waals surface area contributed by atoms with Crippen LogP contribution in [0.15, 0.2) is 18.3 Å². The molecule has 11 heteroatoms. The Labute approximate surface area is 192 Å². The molecule has 4 heterocycles. The van der Waals surface area contributed by atoms with Crippen molar-refractivity contribution < 1.29 is 13.9 Å². The van der Waals surface area contributed by atoms with Crippen molar-refractivity contribution in [1.82, 2.24) is 30.0 Å². The zero-order chi connectivity index (χ0) is 22.4. The van der Waals surface area contributed by atoms with E-state index in [1.807, 2.05) is 6.92 Å². The van der Waals surface area contributed by atoms with Crippen LogP contribution in [0, 0.1) is 12.7 Å². The standard InChI is InChI=1S/C21H19Cl2FN6O2/c1-10-12-6-16(22)27-20(32-19-13-8-25-29-15(13)7-14(24)17(19)23)18(12)28-21(26-10)31-9-11-4-3-5-30(11)2/h6-8,11H,3-5,9H2,1-2H3,(H,25,29)/t11-/m0/s1. The third-order valence-corrected chi connectivity index (χ3v) is 6.20. The lowest BCUT2D eigenvalue weighted by Gasteiger charge is -2.19. The van der Waals surface area contributed by atoms with Crippen LogP contribution in [0.3, 0.4) is 0 Å². The predicted octanol–water partition coefficient (Wildman–Crippen LogP) is 4.92. The molecule has 32 heavy (non-hydrogen) atoms. The van der Waals surface area contributed by atoms with E-state index in [0.717, 1.165) is 19.4 Å². The Morgan fingerprint density at radius 2 is 2.06 bits per heavy atom. The first-order chi connectivity index (χ1) is 15.4. The quantitative estimate of drug-likeness (QED) is 0.408. The van der Waals surface area contributed by atoms with E-state index in [-0.39, 0.29) is 27.8 Å². The fraction of sp³-hybridized carbons (Fsp3) is 0.333. The number of hydrogen-bond acceptors (Lipinski definition) is 7. The number of hydrogen-bond donors (Lipinski definition) is 1. The Morgan fingerprint density at radius 1 is 1.22 bits per heavy atom. The number of aromatic nitrogens is 5. The van der Waals surface area contributed by atoms with Gasteiger partial charge >= 0.3 is 6.01 Å². The maximum Gasteiger partial charge on any atom is 0.317 e. The van der Waals surface area contributed by atoms with Crippen molar-refractivity contribution in [3.63, 3.8) is 0 Å². The van der Waals surface area contributed by atoms with Crippen molar-refractivity contribution >= 4 is 45.0 Å². The fourth-order valence-corrected chi connectivity index (χ4v) is 4.27. The highest BCUT2D eigenvalue weighted by atomic mass is 35.5. The summed E-state index contributed by atoms with van der Waals surface area (Å²) in [4.78, 5) is 15.5. The maximum absolute atomic E-state index is 14.3. The SMILES string of the molecule is Cc1nc(OC[C@@H]2CCCN2C)nc2c(Oc3c(Cl)c(F)cc4[nH]ncc34)nc(Cl)cc12. The van der Waals surface area contributed by atoms with Crippen LogP contribution in [0.25, 0.3) is 21.8 Å². The van der Waals surface area contributed by atoms with Gasteiger partial charge in [-0.2, -0.15) is 20.1 Å². The molecular formula is C21H19Cl2FN6O2. The second-order valence-electron chi connectivity index (χ2n) is 7.76. The average molecular weight is 477 g/mol. The number of aryl methyl sites for hydroxylation is 1. The summed E-state index contributed by atoms with van der Waals surface area (Å²) in [5, 5.41) is 7.76. The molecule has 1 atom stereocenters. The number of halogens is 3. The topological polar surface area (TPSA) is 89.0 Å². The number of nitrogens with zero attached hydrogens (tertiary/aromatic N) is 5. The summed E-state index contributed by atoms with van der Waals surface area (Å²) in [7, 11) is 2.07. The smallest absolute Gasteiger partial charge is 0.317 e. The van der Waals surface area contributed by atoms with Crippen molar-refractivity contribution in [3.05, 3.63) is 40.0 Å². The number of H-pyrrole nitrogens is 1. The Morgan fingerprint density at radius 3 is 2.84 bits per heavy atom. The molecular weight excluding hydrogens is 458 g/mol. The summed E-state index contributed by atoms with van der Waals surface area (Å²) >= 11 is 12.4. The number of ether oxygens (including phenoxy) is 2. The number of likely N-dealkylation sites (tertiary alicyclic amines) is 1. The number of benzene rings is 1. The van der Waals surface area contributed by atoms with Crippen LogP contribution in [-0.2, 0) is 0 Å². The van der Waals surface area contributed by atoms with Crippen molar-refractivity contribution in [2.24, 2.45) is 0 Å². The molecule has 0 amide bonds. The van der Waals surface area contributed by atoms with E-state index in [2.05, 4.69) is 37.1 Å². The highest BCUT2D eigenvalue weighted by Gasteiger charge is 2.23. The van der Waals surface area contributed by atoms with Gasteiger partial charge in [-0.05, 0) is 39.4 Å². The molecule has 1 aromatic carbocycles. The summed E-state index contributed by atoms with van der Waals surface area (Å²) < 4.78 is 26.2. The molecule has 1 aliphatic heterocycles. The van der Waals surface area contributed by atoms with Crippen LogP contribution < -0.4 is 9.47 Å². The van der Waals surface area contributed by atoms with Crippen LogP contribution >= 0.6 is 23.2 Å². The molecule has 0 bridgehead atoms. The molecule has 0 spiro atoms. The Hall–Kier alpha value is -2.75. The molecule has 1 N–H and O–H groups in total. The van der Waals surface area contributed by atoms with Gasteiger partial charge in [-0.3, -0.25) is 5.10 Å². The van der Waals surface area contributed by atoms with Gasteiger partial charge in [0.15, 0.2) is 5.75 Å². The number of fused-ring (bicyclic) bond motifs is 2. The van der Waals surface area contributed by atoms with Gasteiger partial charge in [0.1, 0.15) is 28.1 Å². The summed E-state index contributed by atoms with van der Waals surface area (Å²) in [5.74, 6) is -0.520. The molecule has 166 valence electrons. The van der Waals surface area contributed by atoms with Gasteiger partial charge in [0.25, 0.3) is 0 Å². The highest BCUT2D eigenvalue weighted by molar-refractivity contribution is 6.33. The van der Waals surface area contributed by atoms with E-state index in [1.54, 1.807) is 6.07 Å². The molecule has 0 saturated carbocycles. The molecule has 1 saturated heterocycles. The van der Waals surface area contributed by atoms with E-state index in [4.69, 9.17) is 32.7 Å². The molecule has 0 radical (unpaired) electrons. The summed E-state index contributed by atoms with van der Waals surface area (Å²) in [6.45, 7) is 3.34. The van der Waals surface area contributed by atoms with Gasteiger partial charge in [0, 0.05) is 17.5 Å². The second kappa shape index (κ2) is 8.31. The summed E-state index contributed by atoms with van der Waals surface area (Å²) in [5.41, 5.74) is 1.47. The number of aromatic amines is 1.